The van der Waals surface area contributed by atoms with Crippen LogP contribution >= 0.6 is 34.5 Å². The molecular formula is C18H12Cl2N2O4S. The number of nitrogens with zero attached hydrogens (tertiary/aromatic N) is 1. The van der Waals surface area contributed by atoms with E-state index >= 15 is 0 Å². The highest BCUT2D eigenvalue weighted by Crippen LogP contribution is 2.27. The number of hydrogen-bond donors (Lipinski definition) is 1. The SMILES string of the molecule is O=C(Nc1ccc(Cl)cc1Cl)c1cc(COc2ccc([N+](=O)[O-])cc2)cs1. The first-order chi connectivity index (χ1) is 12.9. The van der Waals surface area contributed by atoms with Crippen LogP contribution in [-0.4, -0.2) is 10.8 Å². The number of hydrogen-bond acceptors (Lipinski definition) is 5. The minimum Gasteiger partial charge on any atom is -0.489 e. The number of carbonyl (C=O) groups excluding carboxylic acids is 1. The van der Waals surface area contributed by atoms with E-state index in [1.807, 2.05) is 5.38 Å². The molecule has 0 spiro atoms. The van der Waals surface area contributed by atoms with Gasteiger partial charge in [-0.1, -0.05) is 23.2 Å². The molecule has 3 rings (SSSR count). The molecule has 3 aromatic rings. The number of ether oxygens (including phenoxy) is 1. The van der Waals surface area contributed by atoms with Crippen molar-refractivity contribution in [3.8, 4) is 5.75 Å². The quantitative estimate of drug-likeness (QED) is 0.402. The van der Waals surface area contributed by atoms with Crippen molar-refractivity contribution in [2.45, 2.75) is 6.61 Å². The van der Waals surface area contributed by atoms with Crippen molar-refractivity contribution in [2.75, 3.05) is 5.32 Å². The lowest BCUT2D eigenvalue weighted by molar-refractivity contribution is -0.384. The molecule has 0 saturated carbocycles. The Kier molecular flexibility index (Phi) is 5.95. The van der Waals surface area contributed by atoms with E-state index in [1.165, 1.54) is 35.6 Å². The zero-order valence-corrected chi connectivity index (χ0v) is 16.0. The molecule has 2 aromatic carbocycles. The lowest BCUT2D eigenvalue weighted by atomic mass is 10.3. The first-order valence-electron chi connectivity index (χ1n) is 7.63. The van der Waals surface area contributed by atoms with E-state index in [2.05, 4.69) is 5.32 Å². The van der Waals surface area contributed by atoms with Gasteiger partial charge in [-0.2, -0.15) is 0 Å². The number of rotatable bonds is 6. The molecule has 0 bridgehead atoms. The molecule has 0 aliphatic heterocycles. The Labute approximate surface area is 168 Å². The summed E-state index contributed by atoms with van der Waals surface area (Å²) in [7, 11) is 0. The van der Waals surface area contributed by atoms with Crippen LogP contribution in [0.3, 0.4) is 0 Å². The number of non-ortho nitro benzene ring substituents is 1. The molecule has 0 unspecified atom stereocenters. The number of halogens is 2. The Hall–Kier alpha value is -2.61. The van der Waals surface area contributed by atoms with E-state index in [-0.39, 0.29) is 18.2 Å². The van der Waals surface area contributed by atoms with Crippen molar-refractivity contribution in [1.29, 1.82) is 0 Å². The van der Waals surface area contributed by atoms with Crippen molar-refractivity contribution < 1.29 is 14.5 Å². The number of anilines is 1. The van der Waals surface area contributed by atoms with Crippen LogP contribution in [0.5, 0.6) is 5.75 Å². The van der Waals surface area contributed by atoms with Crippen LogP contribution in [0.15, 0.2) is 53.9 Å². The fraction of sp³-hybridized carbons (Fsp3) is 0.0556. The van der Waals surface area contributed by atoms with E-state index in [1.54, 1.807) is 24.3 Å². The summed E-state index contributed by atoms with van der Waals surface area (Å²) in [5.74, 6) is 0.219. The number of benzene rings is 2. The van der Waals surface area contributed by atoms with Gasteiger partial charge in [-0.25, -0.2) is 0 Å². The smallest absolute Gasteiger partial charge is 0.269 e. The number of nitro groups is 1. The van der Waals surface area contributed by atoms with Crippen molar-refractivity contribution >= 4 is 51.8 Å². The summed E-state index contributed by atoms with van der Waals surface area (Å²) in [5, 5.41) is 16.0. The van der Waals surface area contributed by atoms with Gasteiger partial charge in [-0.15, -0.1) is 11.3 Å². The van der Waals surface area contributed by atoms with Gasteiger partial charge >= 0.3 is 0 Å². The van der Waals surface area contributed by atoms with Crippen molar-refractivity contribution in [1.82, 2.24) is 0 Å². The molecule has 0 saturated heterocycles. The van der Waals surface area contributed by atoms with Crippen LogP contribution in [0.1, 0.15) is 15.2 Å². The van der Waals surface area contributed by atoms with Gasteiger partial charge in [-0.3, -0.25) is 14.9 Å². The van der Waals surface area contributed by atoms with Crippen LogP contribution in [0, 0.1) is 10.1 Å². The fourth-order valence-electron chi connectivity index (χ4n) is 2.18. The maximum Gasteiger partial charge on any atom is 0.269 e. The summed E-state index contributed by atoms with van der Waals surface area (Å²) in [6, 6.07) is 12.3. The molecule has 0 aliphatic rings. The summed E-state index contributed by atoms with van der Waals surface area (Å²) in [4.78, 5) is 23.0. The molecule has 27 heavy (non-hydrogen) atoms. The highest BCUT2D eigenvalue weighted by Gasteiger charge is 2.12. The zero-order valence-electron chi connectivity index (χ0n) is 13.6. The van der Waals surface area contributed by atoms with Crippen LogP contribution < -0.4 is 10.1 Å². The molecule has 138 valence electrons. The van der Waals surface area contributed by atoms with Gasteiger partial charge < -0.3 is 10.1 Å². The predicted octanol–water partition coefficient (Wildman–Crippen LogP) is 5.79. The third kappa shape index (κ3) is 4.97. The van der Waals surface area contributed by atoms with E-state index in [0.717, 1.165) is 5.56 Å². The average molecular weight is 423 g/mol. The second-order valence-electron chi connectivity index (χ2n) is 5.44. The highest BCUT2D eigenvalue weighted by atomic mass is 35.5. The molecule has 0 atom stereocenters. The van der Waals surface area contributed by atoms with Crippen molar-refractivity contribution in [2.24, 2.45) is 0 Å². The maximum absolute atomic E-state index is 12.3. The van der Waals surface area contributed by atoms with Crippen molar-refractivity contribution in [3.63, 3.8) is 0 Å². The minimum atomic E-state index is -0.472. The van der Waals surface area contributed by atoms with Gasteiger partial charge in [0.25, 0.3) is 11.6 Å². The second kappa shape index (κ2) is 8.39. The highest BCUT2D eigenvalue weighted by molar-refractivity contribution is 7.12. The van der Waals surface area contributed by atoms with E-state index in [4.69, 9.17) is 27.9 Å². The van der Waals surface area contributed by atoms with Crippen LogP contribution in [0.4, 0.5) is 11.4 Å². The Morgan fingerprint density at radius 3 is 2.56 bits per heavy atom. The van der Waals surface area contributed by atoms with Crippen LogP contribution in [0.25, 0.3) is 0 Å². The third-order valence-electron chi connectivity index (χ3n) is 3.51. The summed E-state index contributed by atoms with van der Waals surface area (Å²) >= 11 is 13.2. The summed E-state index contributed by atoms with van der Waals surface area (Å²) in [6.45, 7) is 0.239. The fourth-order valence-corrected chi connectivity index (χ4v) is 3.42. The van der Waals surface area contributed by atoms with Crippen LogP contribution in [0.2, 0.25) is 10.0 Å². The van der Waals surface area contributed by atoms with Crippen LogP contribution in [-0.2, 0) is 6.61 Å². The average Bonchev–Trinajstić information content (AvgIpc) is 3.12. The third-order valence-corrected chi connectivity index (χ3v) is 5.04. The lowest BCUT2D eigenvalue weighted by Crippen LogP contribution is -2.10. The number of nitrogens with one attached hydrogen (secondary N) is 1. The van der Waals surface area contributed by atoms with Gasteiger partial charge in [0.2, 0.25) is 0 Å². The molecule has 1 aromatic heterocycles. The molecule has 1 amide bonds. The molecule has 1 heterocycles. The maximum atomic E-state index is 12.3. The van der Waals surface area contributed by atoms with Crippen molar-refractivity contribution in [3.05, 3.63) is 84.5 Å². The first kappa shape index (κ1) is 19.2. The van der Waals surface area contributed by atoms with Gasteiger partial charge in [0.1, 0.15) is 12.4 Å². The molecule has 6 nitrogen and oxygen atoms in total. The Morgan fingerprint density at radius 1 is 1.15 bits per heavy atom. The van der Waals surface area contributed by atoms with Gasteiger partial charge in [-0.05, 0) is 41.8 Å². The summed E-state index contributed by atoms with van der Waals surface area (Å²) < 4.78 is 5.59. The van der Waals surface area contributed by atoms with E-state index < -0.39 is 4.92 Å². The summed E-state index contributed by atoms with van der Waals surface area (Å²) in [5.41, 5.74) is 1.28. The van der Waals surface area contributed by atoms with Gasteiger partial charge in [0, 0.05) is 22.7 Å². The van der Waals surface area contributed by atoms with Gasteiger partial charge in [0.05, 0.1) is 20.5 Å². The zero-order chi connectivity index (χ0) is 19.4. The standard InChI is InChI=1S/C18H12Cl2N2O4S/c19-12-1-6-16(15(20)8-12)21-18(23)17-7-11(10-27-17)9-26-14-4-2-13(3-5-14)22(24)25/h1-8,10H,9H2,(H,21,23). The van der Waals surface area contributed by atoms with E-state index in [9.17, 15) is 14.9 Å². The second-order valence-corrected chi connectivity index (χ2v) is 7.19. The number of amides is 1. The lowest BCUT2D eigenvalue weighted by Gasteiger charge is -2.06. The predicted molar refractivity (Wildman–Crippen MR) is 106 cm³/mol. The van der Waals surface area contributed by atoms with E-state index in [0.29, 0.717) is 26.4 Å². The Morgan fingerprint density at radius 2 is 1.89 bits per heavy atom. The first-order valence-corrected chi connectivity index (χ1v) is 9.27. The normalized spacial score (nSPS) is 10.4. The molecule has 0 fully saturated rings. The summed E-state index contributed by atoms with van der Waals surface area (Å²) in [6.07, 6.45) is 0. The topological polar surface area (TPSA) is 81.5 Å². The molecular weight excluding hydrogens is 411 g/mol. The molecule has 0 aliphatic carbocycles. The Balaban J connectivity index is 1.60. The molecule has 1 N–H and O–H groups in total. The van der Waals surface area contributed by atoms with Gasteiger partial charge in [0.15, 0.2) is 0 Å². The molecule has 9 heteroatoms. The molecule has 0 radical (unpaired) electrons. The number of carbonyl (C=O) groups is 1. The minimum absolute atomic E-state index is 0.00213. The number of thiophene rings is 1. The Bertz CT molecular complexity index is 989. The number of nitro benzene ring substituents is 1. The largest absolute Gasteiger partial charge is 0.489 e. The monoisotopic (exact) mass is 422 g/mol.